The van der Waals surface area contributed by atoms with E-state index in [0.717, 1.165) is 27.6 Å². The van der Waals surface area contributed by atoms with Crippen molar-refractivity contribution in [2.24, 2.45) is 10.9 Å². The third kappa shape index (κ3) is 5.95. The molecule has 3 aromatic carbocycles. The van der Waals surface area contributed by atoms with Gasteiger partial charge >= 0.3 is 0 Å². The molecule has 1 aromatic heterocycles. The fourth-order valence-corrected chi connectivity index (χ4v) is 4.45. The van der Waals surface area contributed by atoms with Gasteiger partial charge < -0.3 is 16.0 Å². The molecule has 8 heteroatoms. The number of hydrogen-bond donors (Lipinski definition) is 3. The molecule has 3 N–H and O–H groups in total. The van der Waals surface area contributed by atoms with E-state index >= 15 is 0 Å². The van der Waals surface area contributed by atoms with Gasteiger partial charge in [0.2, 0.25) is 5.91 Å². The van der Waals surface area contributed by atoms with Crippen LogP contribution < -0.4 is 16.0 Å². The van der Waals surface area contributed by atoms with Crippen LogP contribution in [0.15, 0.2) is 84.0 Å². The molecule has 1 aliphatic rings. The van der Waals surface area contributed by atoms with Crippen molar-refractivity contribution in [1.82, 2.24) is 15.6 Å². The van der Waals surface area contributed by atoms with Gasteiger partial charge in [-0.05, 0) is 59.8 Å². The number of carbonyl (C=O) groups excluding carboxylic acids is 2. The third-order valence-corrected chi connectivity index (χ3v) is 6.75. The molecule has 0 radical (unpaired) electrons. The molecule has 4 aromatic rings. The minimum Gasteiger partial charge on any atom is -0.360 e. The first-order valence-electron chi connectivity index (χ1n) is 12.9. The first-order chi connectivity index (χ1) is 18.8. The molecule has 2 heterocycles. The van der Waals surface area contributed by atoms with E-state index in [1.807, 2.05) is 69.4 Å². The minimum atomic E-state index is -0.339. The third-order valence-electron chi connectivity index (χ3n) is 6.75. The summed E-state index contributed by atoms with van der Waals surface area (Å²) in [6, 6.07) is 20.8. The minimum absolute atomic E-state index is 0.144. The molecule has 0 saturated carbocycles. The zero-order valence-electron chi connectivity index (χ0n) is 22.0. The van der Waals surface area contributed by atoms with E-state index in [4.69, 9.17) is 0 Å². The number of amidine groups is 1. The summed E-state index contributed by atoms with van der Waals surface area (Å²) in [5.41, 5.74) is 3.28. The van der Waals surface area contributed by atoms with Crippen LogP contribution in [0.3, 0.4) is 0 Å². The first-order valence-corrected chi connectivity index (χ1v) is 12.9. The number of nitrogens with zero attached hydrogens (tertiary/aromatic N) is 2. The van der Waals surface area contributed by atoms with Crippen molar-refractivity contribution in [2.45, 2.75) is 32.9 Å². The SMILES string of the molecule is CC(C)C(=O)Nc1cc(C(=O)N[C@H](C)c2ccc(F)cc2)cc(C2CN=C(c3cc4ccccc4cn3)N2)c1. The lowest BCUT2D eigenvalue weighted by Crippen LogP contribution is -2.28. The average molecular weight is 524 g/mol. The number of nitrogens with one attached hydrogen (secondary N) is 3. The molecule has 0 saturated heterocycles. The molecule has 7 nitrogen and oxygen atoms in total. The maximum atomic E-state index is 13.3. The summed E-state index contributed by atoms with van der Waals surface area (Å²) in [5.74, 6) is -0.319. The van der Waals surface area contributed by atoms with Crippen LogP contribution in [0.1, 0.15) is 60.0 Å². The zero-order valence-corrected chi connectivity index (χ0v) is 22.0. The number of amides is 2. The Bertz CT molecular complexity index is 1570. The molecule has 1 aliphatic heterocycles. The largest absolute Gasteiger partial charge is 0.360 e. The second-order valence-corrected chi connectivity index (χ2v) is 10.0. The highest BCUT2D eigenvalue weighted by molar-refractivity contribution is 6.01. The lowest BCUT2D eigenvalue weighted by atomic mass is 10.0. The van der Waals surface area contributed by atoms with Crippen molar-refractivity contribution >= 4 is 34.1 Å². The zero-order chi connectivity index (χ0) is 27.5. The molecule has 1 unspecified atom stereocenters. The monoisotopic (exact) mass is 523 g/mol. The number of aliphatic imine (C=N–C) groups is 1. The number of benzene rings is 3. The van der Waals surface area contributed by atoms with Crippen molar-refractivity contribution < 1.29 is 14.0 Å². The lowest BCUT2D eigenvalue weighted by Gasteiger charge is -2.18. The number of pyridine rings is 1. The van der Waals surface area contributed by atoms with E-state index in [1.54, 1.807) is 18.2 Å². The molecule has 0 spiro atoms. The van der Waals surface area contributed by atoms with Gasteiger partial charge in [0, 0.05) is 28.8 Å². The van der Waals surface area contributed by atoms with Gasteiger partial charge in [0.25, 0.3) is 5.91 Å². The van der Waals surface area contributed by atoms with Crippen LogP contribution in [0.4, 0.5) is 10.1 Å². The Morgan fingerprint density at radius 3 is 2.46 bits per heavy atom. The number of anilines is 1. The van der Waals surface area contributed by atoms with Gasteiger partial charge in [-0.2, -0.15) is 0 Å². The molecule has 0 aliphatic carbocycles. The molecule has 5 rings (SSSR count). The van der Waals surface area contributed by atoms with Crippen LogP contribution in [0.2, 0.25) is 0 Å². The summed E-state index contributed by atoms with van der Waals surface area (Å²) >= 11 is 0. The quantitative estimate of drug-likeness (QED) is 0.296. The Kier molecular flexibility index (Phi) is 7.36. The van der Waals surface area contributed by atoms with Crippen LogP contribution >= 0.6 is 0 Å². The van der Waals surface area contributed by atoms with Gasteiger partial charge in [0.15, 0.2) is 0 Å². The number of halogens is 1. The van der Waals surface area contributed by atoms with Crippen LogP contribution in [0.25, 0.3) is 10.8 Å². The summed E-state index contributed by atoms with van der Waals surface area (Å²) < 4.78 is 13.3. The molecule has 2 atom stereocenters. The fourth-order valence-electron chi connectivity index (χ4n) is 4.45. The van der Waals surface area contributed by atoms with Crippen molar-refractivity contribution in [3.05, 3.63) is 107 Å². The second kappa shape index (κ2) is 11.0. The molecule has 2 amide bonds. The van der Waals surface area contributed by atoms with Crippen molar-refractivity contribution in [2.75, 3.05) is 11.9 Å². The summed E-state index contributed by atoms with van der Waals surface area (Å²) in [6.07, 6.45) is 1.83. The Hall–Kier alpha value is -4.59. The molecular formula is C31H30FN5O2. The Labute approximate surface area is 226 Å². The van der Waals surface area contributed by atoms with Gasteiger partial charge in [0.1, 0.15) is 17.3 Å². The van der Waals surface area contributed by atoms with E-state index in [0.29, 0.717) is 23.6 Å². The second-order valence-electron chi connectivity index (χ2n) is 10.0. The standard InChI is InChI=1S/C31H30FN5O2/c1-18(2)30(38)36-26-13-23(12-24(14-26)31(39)35-19(3)20-8-10-25(32)11-9-20)28-17-34-29(37-28)27-15-21-6-4-5-7-22(21)16-33-27/h4-16,18-19,28H,17H2,1-3H3,(H,34,37)(H,35,39)(H,36,38)/t19-,28?/m1/s1. The predicted octanol–water partition coefficient (Wildman–Crippen LogP) is 5.55. The van der Waals surface area contributed by atoms with Crippen LogP contribution in [-0.2, 0) is 4.79 Å². The van der Waals surface area contributed by atoms with Crippen LogP contribution in [0.5, 0.6) is 0 Å². The number of aromatic nitrogens is 1. The highest BCUT2D eigenvalue weighted by atomic mass is 19.1. The Morgan fingerprint density at radius 1 is 0.974 bits per heavy atom. The van der Waals surface area contributed by atoms with Gasteiger partial charge in [-0.3, -0.25) is 19.6 Å². The summed E-state index contributed by atoms with van der Waals surface area (Å²) in [5, 5.41) is 11.4. The summed E-state index contributed by atoms with van der Waals surface area (Å²) in [7, 11) is 0. The van der Waals surface area contributed by atoms with Crippen molar-refractivity contribution in [3.8, 4) is 0 Å². The van der Waals surface area contributed by atoms with Gasteiger partial charge in [-0.1, -0.05) is 50.2 Å². The number of rotatable bonds is 7. The van der Waals surface area contributed by atoms with Crippen LogP contribution in [-0.4, -0.2) is 29.2 Å². The number of fused-ring (bicyclic) bond motifs is 1. The molecule has 0 bridgehead atoms. The molecule has 0 fully saturated rings. The van der Waals surface area contributed by atoms with Crippen molar-refractivity contribution in [1.29, 1.82) is 0 Å². The molecular weight excluding hydrogens is 493 g/mol. The number of hydrogen-bond acceptors (Lipinski definition) is 5. The van der Waals surface area contributed by atoms with Gasteiger partial charge in [-0.15, -0.1) is 0 Å². The highest BCUT2D eigenvalue weighted by Crippen LogP contribution is 2.26. The van der Waals surface area contributed by atoms with Gasteiger partial charge in [-0.25, -0.2) is 4.39 Å². The molecule has 39 heavy (non-hydrogen) atoms. The maximum absolute atomic E-state index is 13.3. The average Bonchev–Trinajstić information content (AvgIpc) is 3.43. The van der Waals surface area contributed by atoms with E-state index < -0.39 is 0 Å². The topological polar surface area (TPSA) is 95.5 Å². The first kappa shape index (κ1) is 26.0. The van der Waals surface area contributed by atoms with E-state index in [2.05, 4.69) is 25.9 Å². The summed E-state index contributed by atoms with van der Waals surface area (Å²) in [6.45, 7) is 5.92. The van der Waals surface area contributed by atoms with E-state index in [9.17, 15) is 14.0 Å². The van der Waals surface area contributed by atoms with E-state index in [1.165, 1.54) is 12.1 Å². The smallest absolute Gasteiger partial charge is 0.251 e. The van der Waals surface area contributed by atoms with Crippen LogP contribution in [0, 0.1) is 11.7 Å². The van der Waals surface area contributed by atoms with Gasteiger partial charge in [0.05, 0.1) is 18.6 Å². The Morgan fingerprint density at radius 2 is 1.72 bits per heavy atom. The van der Waals surface area contributed by atoms with E-state index in [-0.39, 0.29) is 35.6 Å². The Balaban J connectivity index is 1.39. The normalized spacial score (nSPS) is 15.5. The lowest BCUT2D eigenvalue weighted by molar-refractivity contribution is -0.118. The summed E-state index contributed by atoms with van der Waals surface area (Å²) in [4.78, 5) is 35.0. The predicted molar refractivity (Wildman–Crippen MR) is 151 cm³/mol. The maximum Gasteiger partial charge on any atom is 0.251 e. The van der Waals surface area contributed by atoms with Crippen molar-refractivity contribution in [3.63, 3.8) is 0 Å². The highest BCUT2D eigenvalue weighted by Gasteiger charge is 2.24. The molecule has 198 valence electrons. The number of carbonyl (C=O) groups is 2. The fraction of sp³-hybridized carbons (Fsp3) is 0.226.